The van der Waals surface area contributed by atoms with Crippen LogP contribution >= 0.6 is 0 Å². The molecule has 6 heteroatoms. The van der Waals surface area contributed by atoms with Crippen molar-refractivity contribution < 1.29 is 19.2 Å². The zero-order chi connectivity index (χ0) is 15.2. The Morgan fingerprint density at radius 3 is 2.35 bits per heavy atom. The molecular weight excluding hydrogens is 260 g/mol. The van der Waals surface area contributed by atoms with E-state index < -0.39 is 11.7 Å². The minimum absolute atomic E-state index is 0.131. The third kappa shape index (κ3) is 5.27. The largest absolute Gasteiger partial charge is 0.443 e. The lowest BCUT2D eigenvalue weighted by atomic mass is 10.2. The number of carbonyl (C=O) groups is 2. The Morgan fingerprint density at radius 1 is 1.25 bits per heavy atom. The number of hydroxylamine groups is 1. The van der Waals surface area contributed by atoms with Crippen LogP contribution in [-0.2, 0) is 21.0 Å². The molecule has 0 N–H and O–H groups in total. The lowest BCUT2D eigenvalue weighted by molar-refractivity contribution is -0.282. The fraction of sp³-hybridized carbons (Fsp3) is 0.429. The monoisotopic (exact) mass is 280 g/mol. The molecule has 0 aliphatic heterocycles. The third-order valence-corrected chi connectivity index (χ3v) is 2.22. The van der Waals surface area contributed by atoms with Gasteiger partial charge in [0.1, 0.15) is 6.61 Å². The van der Waals surface area contributed by atoms with Crippen LogP contribution in [0.5, 0.6) is 0 Å². The minimum Gasteiger partial charge on any atom is -0.443 e. The summed E-state index contributed by atoms with van der Waals surface area (Å²) in [5, 5.41) is 1.79. The van der Waals surface area contributed by atoms with E-state index in [9.17, 15) is 9.59 Å². The summed E-state index contributed by atoms with van der Waals surface area (Å²) < 4.78 is 5.09. The predicted molar refractivity (Wildman–Crippen MR) is 73.1 cm³/mol. The number of amides is 2. The molecule has 1 aromatic carbocycles. The Labute approximate surface area is 118 Å². The molecule has 0 bridgehead atoms. The van der Waals surface area contributed by atoms with Gasteiger partial charge in [0.15, 0.2) is 0 Å². The van der Waals surface area contributed by atoms with Crippen LogP contribution in [0.2, 0.25) is 0 Å². The van der Waals surface area contributed by atoms with Crippen molar-refractivity contribution in [3.8, 4) is 0 Å². The van der Waals surface area contributed by atoms with Crippen LogP contribution in [0.3, 0.4) is 0 Å². The number of rotatable bonds is 5. The molecule has 1 rings (SSSR count). The Hall–Kier alpha value is -2.08. The van der Waals surface area contributed by atoms with Gasteiger partial charge < -0.3 is 4.74 Å². The van der Waals surface area contributed by atoms with E-state index >= 15 is 0 Å². The first-order chi connectivity index (χ1) is 9.33. The van der Waals surface area contributed by atoms with E-state index in [0.717, 1.165) is 15.7 Å². The van der Waals surface area contributed by atoms with Crippen molar-refractivity contribution in [2.45, 2.75) is 33.0 Å². The first-order valence-corrected chi connectivity index (χ1v) is 6.21. The Balaban J connectivity index is 2.55. The second-order valence-electron chi connectivity index (χ2n) is 5.18. The smallest absolute Gasteiger partial charge is 0.430 e. The fourth-order valence-corrected chi connectivity index (χ4v) is 1.33. The van der Waals surface area contributed by atoms with Crippen LogP contribution in [-0.4, -0.2) is 35.3 Å². The summed E-state index contributed by atoms with van der Waals surface area (Å²) in [6.07, 6.45) is -0.264. The van der Waals surface area contributed by atoms with Gasteiger partial charge in [-0.05, 0) is 26.3 Å². The van der Waals surface area contributed by atoms with Gasteiger partial charge in [-0.3, -0.25) is 4.79 Å². The quantitative estimate of drug-likeness (QED) is 0.613. The molecule has 1 aromatic rings. The van der Waals surface area contributed by atoms with Crippen LogP contribution in [0, 0.1) is 0 Å². The Morgan fingerprint density at radius 2 is 1.85 bits per heavy atom. The summed E-state index contributed by atoms with van der Waals surface area (Å²) in [7, 11) is 1.40. The van der Waals surface area contributed by atoms with E-state index in [1.807, 2.05) is 30.3 Å². The van der Waals surface area contributed by atoms with Crippen molar-refractivity contribution in [2.24, 2.45) is 0 Å². The third-order valence-electron chi connectivity index (χ3n) is 2.22. The number of hydrazine groups is 1. The molecule has 0 saturated heterocycles. The number of benzene rings is 1. The van der Waals surface area contributed by atoms with E-state index in [1.54, 1.807) is 20.8 Å². The van der Waals surface area contributed by atoms with E-state index in [1.165, 1.54) is 7.05 Å². The highest BCUT2D eigenvalue weighted by Crippen LogP contribution is 2.11. The summed E-state index contributed by atoms with van der Waals surface area (Å²) in [6.45, 7) is 5.44. The number of nitrogens with zero attached hydrogens (tertiary/aromatic N) is 2. The van der Waals surface area contributed by atoms with Gasteiger partial charge in [0.05, 0.1) is 5.60 Å². The standard InChI is InChI=1S/C14H20N2O4/c1-14(2,3)20-16(11-17)15(4)13(18)19-10-12-8-6-5-7-9-12/h5-9,11H,10H2,1-4H3. The summed E-state index contributed by atoms with van der Waals surface area (Å²) in [5.74, 6) is 0. The molecule has 6 nitrogen and oxygen atoms in total. The SMILES string of the molecule is CN(C(=O)OCc1ccccc1)N(C=O)OC(C)(C)C. The Bertz CT molecular complexity index is 442. The zero-order valence-electron chi connectivity index (χ0n) is 12.2. The first kappa shape index (κ1) is 16.0. The lowest BCUT2D eigenvalue weighted by Gasteiger charge is -2.31. The van der Waals surface area contributed by atoms with Crippen molar-refractivity contribution in [1.29, 1.82) is 0 Å². The van der Waals surface area contributed by atoms with Crippen LogP contribution in [0.15, 0.2) is 30.3 Å². The molecular formula is C14H20N2O4. The van der Waals surface area contributed by atoms with E-state index in [-0.39, 0.29) is 6.61 Å². The van der Waals surface area contributed by atoms with Gasteiger partial charge in [-0.2, -0.15) is 5.01 Å². The first-order valence-electron chi connectivity index (χ1n) is 6.21. The molecule has 2 amide bonds. The van der Waals surface area contributed by atoms with E-state index in [4.69, 9.17) is 9.57 Å². The average Bonchev–Trinajstić information content (AvgIpc) is 2.41. The van der Waals surface area contributed by atoms with Crippen LogP contribution in [0.25, 0.3) is 0 Å². The number of hydrogen-bond donors (Lipinski definition) is 0. The number of hydrogen-bond acceptors (Lipinski definition) is 4. The summed E-state index contributed by atoms with van der Waals surface area (Å²) in [4.78, 5) is 28.1. The second-order valence-corrected chi connectivity index (χ2v) is 5.18. The highest BCUT2D eigenvalue weighted by atomic mass is 16.7. The van der Waals surface area contributed by atoms with Crippen molar-refractivity contribution >= 4 is 12.5 Å². The predicted octanol–water partition coefficient (Wildman–Crippen LogP) is 2.36. The van der Waals surface area contributed by atoms with Crippen LogP contribution < -0.4 is 0 Å². The van der Waals surface area contributed by atoms with Gasteiger partial charge in [-0.25, -0.2) is 9.63 Å². The van der Waals surface area contributed by atoms with Crippen LogP contribution in [0.4, 0.5) is 4.79 Å². The topological polar surface area (TPSA) is 59.1 Å². The Kier molecular flexibility index (Phi) is 5.52. The molecule has 0 fully saturated rings. The number of ether oxygens (including phenoxy) is 1. The fourth-order valence-electron chi connectivity index (χ4n) is 1.33. The van der Waals surface area contributed by atoms with Crippen molar-refractivity contribution in [2.75, 3.05) is 7.05 Å². The summed E-state index contributed by atoms with van der Waals surface area (Å²) in [5.41, 5.74) is 0.262. The van der Waals surface area contributed by atoms with Gasteiger partial charge in [0.25, 0.3) is 6.41 Å². The average molecular weight is 280 g/mol. The van der Waals surface area contributed by atoms with Gasteiger partial charge in [0.2, 0.25) is 0 Å². The molecule has 0 spiro atoms. The maximum absolute atomic E-state index is 11.8. The molecule has 0 aliphatic carbocycles. The highest BCUT2D eigenvalue weighted by molar-refractivity contribution is 5.68. The molecule has 0 heterocycles. The van der Waals surface area contributed by atoms with Crippen LogP contribution in [0.1, 0.15) is 26.3 Å². The lowest BCUT2D eigenvalue weighted by Crippen LogP contribution is -2.46. The van der Waals surface area contributed by atoms with Gasteiger partial charge >= 0.3 is 6.09 Å². The molecule has 20 heavy (non-hydrogen) atoms. The molecule has 110 valence electrons. The number of carbonyl (C=O) groups excluding carboxylic acids is 2. The molecule has 0 aromatic heterocycles. The zero-order valence-corrected chi connectivity index (χ0v) is 12.2. The highest BCUT2D eigenvalue weighted by Gasteiger charge is 2.23. The van der Waals surface area contributed by atoms with E-state index in [0.29, 0.717) is 6.41 Å². The second kappa shape index (κ2) is 6.91. The minimum atomic E-state index is -0.676. The van der Waals surface area contributed by atoms with Gasteiger partial charge in [-0.1, -0.05) is 30.3 Å². The molecule has 0 unspecified atom stereocenters. The van der Waals surface area contributed by atoms with Gasteiger partial charge in [0, 0.05) is 7.05 Å². The van der Waals surface area contributed by atoms with Gasteiger partial charge in [-0.15, -0.1) is 5.17 Å². The molecule has 0 radical (unpaired) electrons. The summed E-state index contributed by atoms with van der Waals surface area (Å²) >= 11 is 0. The normalized spacial score (nSPS) is 10.8. The summed E-state index contributed by atoms with van der Waals surface area (Å²) in [6, 6.07) is 9.27. The molecule has 0 atom stereocenters. The molecule has 0 aliphatic rings. The van der Waals surface area contributed by atoms with Crippen molar-refractivity contribution in [3.63, 3.8) is 0 Å². The van der Waals surface area contributed by atoms with Crippen molar-refractivity contribution in [3.05, 3.63) is 35.9 Å². The maximum Gasteiger partial charge on any atom is 0.430 e. The maximum atomic E-state index is 11.8. The van der Waals surface area contributed by atoms with E-state index in [2.05, 4.69) is 0 Å². The van der Waals surface area contributed by atoms with Crippen molar-refractivity contribution in [1.82, 2.24) is 10.2 Å². The molecule has 0 saturated carbocycles.